The minimum atomic E-state index is -0.100. The highest BCUT2D eigenvalue weighted by atomic mass is 16.5. The molecule has 1 saturated heterocycles. The van der Waals surface area contributed by atoms with Crippen molar-refractivity contribution >= 4 is 23.4 Å². The van der Waals surface area contributed by atoms with Gasteiger partial charge in [0.05, 0.1) is 19.9 Å². The summed E-state index contributed by atoms with van der Waals surface area (Å²) in [5.74, 6) is 0.917. The third-order valence-corrected chi connectivity index (χ3v) is 4.12. The minimum Gasteiger partial charge on any atom is -0.497 e. The molecule has 3 amide bonds. The number of imide groups is 1. The minimum absolute atomic E-state index is 0.0886. The largest absolute Gasteiger partial charge is 0.497 e. The van der Waals surface area contributed by atoms with Gasteiger partial charge in [-0.05, 0) is 25.0 Å². The van der Waals surface area contributed by atoms with E-state index >= 15 is 0 Å². The highest BCUT2D eigenvalue weighted by Crippen LogP contribution is 2.29. The van der Waals surface area contributed by atoms with Crippen molar-refractivity contribution in [1.82, 2.24) is 4.90 Å². The predicted octanol–water partition coefficient (Wildman–Crippen LogP) is 2.35. The molecular formula is C18H24N2O5. The van der Waals surface area contributed by atoms with Gasteiger partial charge >= 0.3 is 0 Å². The van der Waals surface area contributed by atoms with Crippen LogP contribution in [0.2, 0.25) is 0 Å². The quantitative estimate of drug-likeness (QED) is 0.547. The molecule has 0 radical (unpaired) electrons. The van der Waals surface area contributed by atoms with Gasteiger partial charge in [0.1, 0.15) is 11.5 Å². The van der Waals surface area contributed by atoms with Crippen LogP contribution in [-0.2, 0) is 14.4 Å². The van der Waals surface area contributed by atoms with E-state index in [1.54, 1.807) is 25.3 Å². The van der Waals surface area contributed by atoms with Crippen LogP contribution in [0, 0.1) is 0 Å². The Morgan fingerprint density at radius 3 is 2.44 bits per heavy atom. The number of carbonyl (C=O) groups is 3. The van der Waals surface area contributed by atoms with Crippen LogP contribution < -0.4 is 14.8 Å². The topological polar surface area (TPSA) is 84.9 Å². The Kier molecular flexibility index (Phi) is 6.80. The van der Waals surface area contributed by atoms with E-state index in [2.05, 4.69) is 5.32 Å². The molecule has 7 nitrogen and oxygen atoms in total. The highest BCUT2D eigenvalue weighted by molar-refractivity contribution is 6.01. The van der Waals surface area contributed by atoms with Crippen molar-refractivity contribution in [3.63, 3.8) is 0 Å². The summed E-state index contributed by atoms with van der Waals surface area (Å²) in [6.07, 6.45) is 3.22. The smallest absolute Gasteiger partial charge is 0.229 e. The van der Waals surface area contributed by atoms with Crippen LogP contribution in [0.5, 0.6) is 11.5 Å². The Hall–Kier alpha value is -2.57. The van der Waals surface area contributed by atoms with Gasteiger partial charge in [0.25, 0.3) is 0 Å². The molecule has 7 heteroatoms. The zero-order valence-corrected chi connectivity index (χ0v) is 14.7. The monoisotopic (exact) mass is 348 g/mol. The molecule has 1 aromatic rings. The summed E-state index contributed by atoms with van der Waals surface area (Å²) in [7, 11) is 3.10. The maximum absolute atomic E-state index is 12.0. The molecule has 0 unspecified atom stereocenters. The number of methoxy groups -OCH3 is 2. The molecule has 1 aliphatic rings. The first-order valence-electron chi connectivity index (χ1n) is 8.40. The van der Waals surface area contributed by atoms with Crippen molar-refractivity contribution in [2.45, 2.75) is 38.5 Å². The van der Waals surface area contributed by atoms with Gasteiger partial charge in [-0.2, -0.15) is 0 Å². The van der Waals surface area contributed by atoms with Crippen LogP contribution in [0.3, 0.4) is 0 Å². The maximum atomic E-state index is 12.0. The Morgan fingerprint density at radius 1 is 1.08 bits per heavy atom. The number of unbranched alkanes of at least 4 members (excludes halogenated alkanes) is 2. The second-order valence-corrected chi connectivity index (χ2v) is 5.86. The van der Waals surface area contributed by atoms with Crippen LogP contribution in [0.1, 0.15) is 38.5 Å². The molecule has 1 N–H and O–H groups in total. The number of anilines is 1. The Labute approximate surface area is 147 Å². The summed E-state index contributed by atoms with van der Waals surface area (Å²) in [5, 5.41) is 2.82. The first-order valence-corrected chi connectivity index (χ1v) is 8.40. The molecule has 0 aliphatic carbocycles. The zero-order valence-electron chi connectivity index (χ0n) is 14.7. The molecule has 0 spiro atoms. The molecule has 1 heterocycles. The lowest BCUT2D eigenvalue weighted by Crippen LogP contribution is -2.29. The van der Waals surface area contributed by atoms with E-state index in [0.29, 0.717) is 49.4 Å². The molecule has 0 saturated carbocycles. The van der Waals surface area contributed by atoms with Crippen LogP contribution >= 0.6 is 0 Å². The van der Waals surface area contributed by atoms with Gasteiger partial charge < -0.3 is 14.8 Å². The number of nitrogens with zero attached hydrogens (tertiary/aromatic N) is 1. The van der Waals surface area contributed by atoms with Crippen molar-refractivity contribution in [1.29, 1.82) is 0 Å². The molecule has 2 rings (SSSR count). The summed E-state index contributed by atoms with van der Waals surface area (Å²) in [6.45, 7) is 0.450. The average molecular weight is 348 g/mol. The fourth-order valence-corrected chi connectivity index (χ4v) is 2.72. The third-order valence-electron chi connectivity index (χ3n) is 4.12. The molecule has 0 bridgehead atoms. The molecule has 1 fully saturated rings. The number of benzene rings is 1. The molecule has 136 valence electrons. The fraction of sp³-hybridized carbons (Fsp3) is 0.500. The van der Waals surface area contributed by atoms with E-state index in [0.717, 1.165) is 12.8 Å². The van der Waals surface area contributed by atoms with Crippen LogP contribution in [0.15, 0.2) is 18.2 Å². The maximum Gasteiger partial charge on any atom is 0.229 e. The van der Waals surface area contributed by atoms with E-state index in [4.69, 9.17) is 9.47 Å². The number of hydrogen-bond donors (Lipinski definition) is 1. The van der Waals surface area contributed by atoms with Crippen molar-refractivity contribution in [2.75, 3.05) is 26.1 Å². The first-order chi connectivity index (χ1) is 12.0. The highest BCUT2D eigenvalue weighted by Gasteiger charge is 2.27. The molecule has 25 heavy (non-hydrogen) atoms. The lowest BCUT2D eigenvalue weighted by molar-refractivity contribution is -0.138. The molecular weight excluding hydrogens is 324 g/mol. The molecule has 0 atom stereocenters. The second-order valence-electron chi connectivity index (χ2n) is 5.86. The van der Waals surface area contributed by atoms with Gasteiger partial charge in [-0.15, -0.1) is 0 Å². The summed E-state index contributed by atoms with van der Waals surface area (Å²) >= 11 is 0. The SMILES string of the molecule is COc1ccc(NC(=O)CCCCCN2C(=O)CCC2=O)c(OC)c1. The lowest BCUT2D eigenvalue weighted by atomic mass is 10.1. The first kappa shape index (κ1) is 18.8. The Balaban J connectivity index is 1.70. The molecule has 1 aliphatic heterocycles. The Morgan fingerprint density at radius 2 is 1.80 bits per heavy atom. The number of nitrogens with one attached hydrogen (secondary N) is 1. The summed E-state index contributed by atoms with van der Waals surface area (Å²) in [5.41, 5.74) is 0.599. The number of rotatable bonds is 9. The van der Waals surface area contributed by atoms with E-state index in [-0.39, 0.29) is 17.7 Å². The van der Waals surface area contributed by atoms with Crippen molar-refractivity contribution in [2.24, 2.45) is 0 Å². The van der Waals surface area contributed by atoms with E-state index in [1.807, 2.05) is 0 Å². The van der Waals surface area contributed by atoms with Crippen LogP contribution in [-0.4, -0.2) is 43.4 Å². The van der Waals surface area contributed by atoms with Gasteiger partial charge in [-0.3, -0.25) is 19.3 Å². The standard InChI is InChI=1S/C18H24N2O5/c1-24-13-7-8-14(15(12-13)25-2)19-16(21)6-4-3-5-11-20-17(22)9-10-18(20)23/h7-8,12H,3-6,9-11H2,1-2H3,(H,19,21). The van der Waals surface area contributed by atoms with E-state index < -0.39 is 0 Å². The van der Waals surface area contributed by atoms with Gasteiger partial charge in [-0.25, -0.2) is 0 Å². The summed E-state index contributed by atoms with van der Waals surface area (Å²) in [4.78, 5) is 36.3. The van der Waals surface area contributed by atoms with Crippen molar-refractivity contribution < 1.29 is 23.9 Å². The predicted molar refractivity (Wildman–Crippen MR) is 92.6 cm³/mol. The fourth-order valence-electron chi connectivity index (χ4n) is 2.72. The number of carbonyl (C=O) groups excluding carboxylic acids is 3. The third kappa shape index (κ3) is 5.20. The Bertz CT molecular complexity index is 628. The number of ether oxygens (including phenoxy) is 2. The summed E-state index contributed by atoms with van der Waals surface area (Å²) in [6, 6.07) is 5.20. The van der Waals surface area contributed by atoms with Crippen LogP contribution in [0.25, 0.3) is 0 Å². The van der Waals surface area contributed by atoms with Gasteiger partial charge in [-0.1, -0.05) is 6.42 Å². The lowest BCUT2D eigenvalue weighted by Gasteiger charge is -2.13. The van der Waals surface area contributed by atoms with Gasteiger partial charge in [0.2, 0.25) is 17.7 Å². The normalized spacial score (nSPS) is 13.9. The van der Waals surface area contributed by atoms with Gasteiger partial charge in [0, 0.05) is 31.9 Å². The van der Waals surface area contributed by atoms with E-state index in [1.165, 1.54) is 12.0 Å². The van der Waals surface area contributed by atoms with Crippen molar-refractivity contribution in [3.05, 3.63) is 18.2 Å². The van der Waals surface area contributed by atoms with Gasteiger partial charge in [0.15, 0.2) is 0 Å². The molecule has 1 aromatic carbocycles. The number of likely N-dealkylation sites (tertiary alicyclic amines) is 1. The second kappa shape index (κ2) is 9.05. The molecule has 0 aromatic heterocycles. The van der Waals surface area contributed by atoms with E-state index in [9.17, 15) is 14.4 Å². The number of amides is 3. The summed E-state index contributed by atoms with van der Waals surface area (Å²) < 4.78 is 10.4. The average Bonchev–Trinajstić information content (AvgIpc) is 2.93. The zero-order chi connectivity index (χ0) is 18.2. The van der Waals surface area contributed by atoms with Crippen molar-refractivity contribution in [3.8, 4) is 11.5 Å². The van der Waals surface area contributed by atoms with Crippen LogP contribution in [0.4, 0.5) is 5.69 Å². The number of hydrogen-bond acceptors (Lipinski definition) is 5.